The standard InChI is InChI=1S/C20H25FN4OS/c1-3-15-11-16-19(25-8-7-22-14(12-25)6-9-26-2)23-17-5-4-13(21)10-18(17)24-20(16)27-15/h4-5,10-11,14,22,24H,3,6-9,12H2,1-2H3. The number of nitrogens with one attached hydrogen (secondary N) is 2. The van der Waals surface area contributed by atoms with Crippen molar-refractivity contribution >= 4 is 33.5 Å². The third-order valence-corrected chi connectivity index (χ3v) is 6.23. The van der Waals surface area contributed by atoms with Crippen molar-refractivity contribution in [3.05, 3.63) is 40.5 Å². The summed E-state index contributed by atoms with van der Waals surface area (Å²) in [5, 5.41) is 8.02. The summed E-state index contributed by atoms with van der Waals surface area (Å²) in [6.45, 7) is 5.59. The molecule has 1 aromatic carbocycles. The van der Waals surface area contributed by atoms with Gasteiger partial charge in [-0.15, -0.1) is 11.3 Å². The van der Waals surface area contributed by atoms with Gasteiger partial charge in [0.05, 0.1) is 16.9 Å². The number of anilines is 2. The molecule has 1 atom stereocenters. The number of halogens is 1. The average Bonchev–Trinajstić information content (AvgIpc) is 3.02. The lowest BCUT2D eigenvalue weighted by atomic mass is 10.1. The maximum absolute atomic E-state index is 13.8. The van der Waals surface area contributed by atoms with Crippen molar-refractivity contribution < 1.29 is 9.13 Å². The number of ether oxygens (including phenoxy) is 1. The molecule has 0 amide bonds. The van der Waals surface area contributed by atoms with Crippen molar-refractivity contribution in [2.75, 3.05) is 38.7 Å². The van der Waals surface area contributed by atoms with E-state index < -0.39 is 0 Å². The van der Waals surface area contributed by atoms with Gasteiger partial charge >= 0.3 is 0 Å². The van der Waals surface area contributed by atoms with Crippen molar-refractivity contribution in [1.82, 2.24) is 10.2 Å². The number of thiophene rings is 1. The normalized spacial score (nSPS) is 19.0. The minimum Gasteiger partial charge on any atom is -0.385 e. The van der Waals surface area contributed by atoms with Crippen LogP contribution in [-0.2, 0) is 11.2 Å². The van der Waals surface area contributed by atoms with Gasteiger partial charge in [-0.1, -0.05) is 6.92 Å². The molecule has 2 aliphatic heterocycles. The minimum absolute atomic E-state index is 0.254. The lowest BCUT2D eigenvalue weighted by molar-refractivity contribution is 0.168. The van der Waals surface area contributed by atoms with Gasteiger partial charge in [0.15, 0.2) is 0 Å². The number of methoxy groups -OCH3 is 1. The van der Waals surface area contributed by atoms with Crippen LogP contribution in [0.1, 0.15) is 23.8 Å². The van der Waals surface area contributed by atoms with Gasteiger partial charge in [0.2, 0.25) is 0 Å². The topological polar surface area (TPSA) is 48.9 Å². The fourth-order valence-electron chi connectivity index (χ4n) is 3.59. The molecule has 0 saturated carbocycles. The fourth-order valence-corrected chi connectivity index (χ4v) is 4.59. The summed E-state index contributed by atoms with van der Waals surface area (Å²) < 4.78 is 19.0. The first-order valence-electron chi connectivity index (χ1n) is 9.43. The Kier molecular flexibility index (Phi) is 5.43. The van der Waals surface area contributed by atoms with E-state index in [0.717, 1.165) is 66.9 Å². The van der Waals surface area contributed by atoms with Crippen molar-refractivity contribution in [2.45, 2.75) is 25.8 Å². The smallest absolute Gasteiger partial charge is 0.139 e. The maximum atomic E-state index is 13.8. The maximum Gasteiger partial charge on any atom is 0.139 e. The van der Waals surface area contributed by atoms with Crippen LogP contribution in [0.25, 0.3) is 0 Å². The lowest BCUT2D eigenvalue weighted by Crippen LogP contribution is -2.53. The van der Waals surface area contributed by atoms with Crippen LogP contribution in [0.4, 0.5) is 20.8 Å². The Morgan fingerprint density at radius 3 is 3.07 bits per heavy atom. The molecule has 1 fully saturated rings. The molecule has 27 heavy (non-hydrogen) atoms. The number of hydrogen-bond acceptors (Lipinski definition) is 6. The van der Waals surface area contributed by atoms with Crippen molar-refractivity contribution in [2.24, 2.45) is 4.99 Å². The summed E-state index contributed by atoms with van der Waals surface area (Å²) >= 11 is 1.72. The number of rotatable bonds is 4. The summed E-state index contributed by atoms with van der Waals surface area (Å²) in [6.07, 6.45) is 1.94. The molecule has 0 radical (unpaired) electrons. The Morgan fingerprint density at radius 2 is 2.26 bits per heavy atom. The second kappa shape index (κ2) is 7.96. The first-order valence-corrected chi connectivity index (χ1v) is 10.2. The molecule has 0 bridgehead atoms. The molecule has 3 heterocycles. The number of aryl methyl sites for hydroxylation is 1. The molecule has 4 rings (SSSR count). The highest BCUT2D eigenvalue weighted by atomic mass is 32.1. The Hall–Kier alpha value is -1.96. The first-order chi connectivity index (χ1) is 13.2. The molecule has 1 aromatic heterocycles. The van der Waals surface area contributed by atoms with E-state index in [4.69, 9.17) is 9.73 Å². The lowest BCUT2D eigenvalue weighted by Gasteiger charge is -2.35. The number of amidine groups is 1. The highest BCUT2D eigenvalue weighted by Gasteiger charge is 2.27. The Morgan fingerprint density at radius 1 is 1.37 bits per heavy atom. The quantitative estimate of drug-likeness (QED) is 0.834. The van der Waals surface area contributed by atoms with Crippen LogP contribution in [0.2, 0.25) is 0 Å². The van der Waals surface area contributed by atoms with E-state index in [1.807, 2.05) is 0 Å². The van der Waals surface area contributed by atoms with Crippen molar-refractivity contribution in [3.8, 4) is 0 Å². The monoisotopic (exact) mass is 388 g/mol. The molecule has 2 N–H and O–H groups in total. The van der Waals surface area contributed by atoms with E-state index in [2.05, 4.69) is 28.5 Å². The molecule has 1 unspecified atom stereocenters. The van der Waals surface area contributed by atoms with Crippen LogP contribution in [-0.4, -0.2) is 50.1 Å². The summed E-state index contributed by atoms with van der Waals surface area (Å²) in [7, 11) is 1.74. The van der Waals surface area contributed by atoms with Gasteiger partial charge in [-0.05, 0) is 37.1 Å². The zero-order valence-electron chi connectivity index (χ0n) is 15.7. The van der Waals surface area contributed by atoms with Crippen LogP contribution in [0.5, 0.6) is 0 Å². The largest absolute Gasteiger partial charge is 0.385 e. The van der Waals surface area contributed by atoms with E-state index >= 15 is 0 Å². The zero-order valence-corrected chi connectivity index (χ0v) is 16.5. The number of aliphatic imine (C=N–C) groups is 1. The highest BCUT2D eigenvalue weighted by Crippen LogP contribution is 2.40. The van der Waals surface area contributed by atoms with Gasteiger partial charge in [-0.3, -0.25) is 0 Å². The minimum atomic E-state index is -0.254. The summed E-state index contributed by atoms with van der Waals surface area (Å²) in [4.78, 5) is 8.62. The summed E-state index contributed by atoms with van der Waals surface area (Å²) in [6, 6.07) is 7.34. The Labute approximate surface area is 163 Å². The van der Waals surface area contributed by atoms with Crippen LogP contribution in [0.3, 0.4) is 0 Å². The second-order valence-electron chi connectivity index (χ2n) is 6.91. The Bertz CT molecular complexity index is 851. The third-order valence-electron chi connectivity index (χ3n) is 5.03. The van der Waals surface area contributed by atoms with Gasteiger partial charge in [0.1, 0.15) is 16.7 Å². The summed E-state index contributed by atoms with van der Waals surface area (Å²) in [5.74, 6) is 0.721. The number of fused-ring (bicyclic) bond motifs is 2. The number of hydrogen-bond donors (Lipinski definition) is 2. The average molecular weight is 389 g/mol. The predicted molar refractivity (Wildman–Crippen MR) is 109 cm³/mol. The van der Waals surface area contributed by atoms with Gasteiger partial charge in [-0.2, -0.15) is 0 Å². The van der Waals surface area contributed by atoms with E-state index in [1.54, 1.807) is 24.5 Å². The zero-order chi connectivity index (χ0) is 18.8. The van der Waals surface area contributed by atoms with Crippen molar-refractivity contribution in [3.63, 3.8) is 0 Å². The SMILES string of the molecule is CCc1cc2c(s1)Nc1cc(F)ccc1N=C2N1CCNC(CCOC)C1. The molecule has 2 aromatic rings. The van der Waals surface area contributed by atoms with E-state index in [-0.39, 0.29) is 5.82 Å². The fraction of sp³-hybridized carbons (Fsp3) is 0.450. The molecule has 144 valence electrons. The summed E-state index contributed by atoms with van der Waals surface area (Å²) in [5.41, 5.74) is 2.61. The Balaban J connectivity index is 1.72. The highest BCUT2D eigenvalue weighted by molar-refractivity contribution is 7.16. The van der Waals surface area contributed by atoms with Gasteiger partial charge in [0.25, 0.3) is 0 Å². The number of piperazine rings is 1. The molecule has 7 heteroatoms. The number of benzene rings is 1. The van der Waals surface area contributed by atoms with E-state index in [9.17, 15) is 4.39 Å². The molecular weight excluding hydrogens is 363 g/mol. The van der Waals surface area contributed by atoms with Gasteiger partial charge in [-0.25, -0.2) is 9.38 Å². The third kappa shape index (κ3) is 3.85. The molecule has 2 aliphatic rings. The van der Waals surface area contributed by atoms with Gasteiger partial charge in [0, 0.05) is 44.3 Å². The van der Waals surface area contributed by atoms with Crippen molar-refractivity contribution in [1.29, 1.82) is 0 Å². The molecule has 0 aliphatic carbocycles. The second-order valence-corrected chi connectivity index (χ2v) is 8.05. The number of nitrogens with zero attached hydrogens (tertiary/aromatic N) is 2. The van der Waals surface area contributed by atoms with Crippen LogP contribution in [0, 0.1) is 5.82 Å². The predicted octanol–water partition coefficient (Wildman–Crippen LogP) is 3.90. The molecule has 0 spiro atoms. The van der Waals surface area contributed by atoms with Gasteiger partial charge < -0.3 is 20.3 Å². The van der Waals surface area contributed by atoms with E-state index in [0.29, 0.717) is 6.04 Å². The molecule has 1 saturated heterocycles. The molecule has 5 nitrogen and oxygen atoms in total. The van der Waals surface area contributed by atoms with Crippen LogP contribution >= 0.6 is 11.3 Å². The van der Waals surface area contributed by atoms with Crippen LogP contribution < -0.4 is 10.6 Å². The van der Waals surface area contributed by atoms with Crippen LogP contribution in [0.15, 0.2) is 29.3 Å². The first kappa shape index (κ1) is 18.4. The molecular formula is C20H25FN4OS. The van der Waals surface area contributed by atoms with E-state index in [1.165, 1.54) is 17.0 Å².